The van der Waals surface area contributed by atoms with Crippen molar-refractivity contribution in [2.24, 2.45) is 0 Å². The number of rotatable bonds is 6. The molecule has 15 nitrogen and oxygen atoms in total. The molecule has 6 aromatic carbocycles. The van der Waals surface area contributed by atoms with E-state index >= 15 is 0 Å². The molecule has 35 heteroatoms. The molecule has 101 heavy (non-hydrogen) atoms. The van der Waals surface area contributed by atoms with Crippen LogP contribution in [0.4, 0.5) is 79.0 Å². The van der Waals surface area contributed by atoms with Crippen molar-refractivity contribution in [3.63, 3.8) is 0 Å². The molecule has 0 N–H and O–H groups in total. The second kappa shape index (κ2) is 27.4. The summed E-state index contributed by atoms with van der Waals surface area (Å²) in [4.78, 5) is 23.5. The molecule has 0 saturated carbocycles. The average molecular weight is 1450 g/mol. The molecule has 0 saturated heterocycles. The van der Waals surface area contributed by atoms with Crippen LogP contribution in [0, 0.1) is 41.5 Å². The van der Waals surface area contributed by atoms with Gasteiger partial charge in [-0.1, -0.05) is 70.9 Å². The zero-order valence-electron chi connectivity index (χ0n) is 51.7. The molecular weight excluding hydrogens is 1420 g/mol. The molecule has 0 aliphatic rings. The smallest absolute Gasteiger partial charge is 0.871 e. The van der Waals surface area contributed by atoms with Crippen LogP contribution in [0.5, 0.6) is 69.0 Å². The minimum atomic E-state index is -4.79. The van der Waals surface area contributed by atoms with Gasteiger partial charge < -0.3 is 44.8 Å². The van der Waals surface area contributed by atoms with E-state index in [-0.39, 0.29) is 103 Å². The summed E-state index contributed by atoms with van der Waals surface area (Å²) >= 11 is 0. The molecule has 0 amide bonds. The van der Waals surface area contributed by atoms with Gasteiger partial charge in [-0.05, 0) is 114 Å². The maximum absolute atomic E-state index is 13.4. The van der Waals surface area contributed by atoms with Gasteiger partial charge in [0.15, 0.2) is 0 Å². The number of nitrogens with zero attached hydrogens (tertiary/aromatic N) is 6. The molecular formula is C66H36Al2F18N6O9. The Morgan fingerprint density at radius 2 is 0.347 bits per heavy atom. The molecule has 0 aliphatic carbocycles. The van der Waals surface area contributed by atoms with Crippen LogP contribution in [0.25, 0.3) is 65.4 Å². The third-order valence-electron chi connectivity index (χ3n) is 15.0. The molecule has 6 heterocycles. The van der Waals surface area contributed by atoms with Crippen LogP contribution in [0.2, 0.25) is 0 Å². The van der Waals surface area contributed by atoms with Crippen molar-refractivity contribution in [2.75, 3.05) is 0 Å². The number of aryl methyl sites for hydroxylation is 6. The van der Waals surface area contributed by atoms with Gasteiger partial charge in [-0.2, -0.15) is 79.0 Å². The van der Waals surface area contributed by atoms with Crippen LogP contribution < -0.4 is 44.8 Å². The van der Waals surface area contributed by atoms with Crippen LogP contribution in [0.1, 0.15) is 67.5 Å². The summed E-state index contributed by atoms with van der Waals surface area (Å²) in [6.07, 6.45) is -28.7. The van der Waals surface area contributed by atoms with Gasteiger partial charge in [0.1, 0.15) is 34.5 Å². The molecule has 0 fully saturated rings. The molecule has 6 aromatic heterocycles. The molecule has 12 aromatic rings. The molecule has 0 unspecified atom stereocenters. The fourth-order valence-electron chi connectivity index (χ4n) is 10.3. The number of alkyl halides is 18. The number of benzene rings is 6. The Morgan fingerprint density at radius 1 is 0.228 bits per heavy atom. The van der Waals surface area contributed by atoms with Crippen molar-refractivity contribution >= 4 is 100 Å². The minimum Gasteiger partial charge on any atom is -0.871 e. The van der Waals surface area contributed by atoms with Crippen LogP contribution in [0.15, 0.2) is 109 Å². The van der Waals surface area contributed by atoms with Crippen LogP contribution >= 0.6 is 0 Å². The second-order valence-corrected chi connectivity index (χ2v) is 21.8. The van der Waals surface area contributed by atoms with Crippen LogP contribution in [0.3, 0.4) is 0 Å². The van der Waals surface area contributed by atoms with E-state index in [0.717, 1.165) is 72.8 Å². The summed E-state index contributed by atoms with van der Waals surface area (Å²) in [6, 6.07) is 14.1. The fourth-order valence-corrected chi connectivity index (χ4v) is 10.3. The van der Waals surface area contributed by atoms with Gasteiger partial charge in [-0.15, -0.1) is 0 Å². The van der Waals surface area contributed by atoms with Crippen LogP contribution in [-0.4, -0.2) is 64.6 Å². The Kier molecular flexibility index (Phi) is 20.7. The molecule has 0 aliphatic heterocycles. The third kappa shape index (κ3) is 15.4. The second-order valence-electron chi connectivity index (χ2n) is 21.8. The number of hydrogen-bond donors (Lipinski definition) is 0. The quantitative estimate of drug-likeness (QED) is 0.111. The van der Waals surface area contributed by atoms with E-state index in [1.165, 1.54) is 41.5 Å². The largest absolute Gasteiger partial charge is 3.00 e. The minimum absolute atomic E-state index is 0. The predicted molar refractivity (Wildman–Crippen MR) is 317 cm³/mol. The Morgan fingerprint density at radius 3 is 0.455 bits per heavy atom. The zero-order valence-corrected chi connectivity index (χ0v) is 54.0. The maximum atomic E-state index is 13.4. The monoisotopic (exact) mass is 1450 g/mol. The summed E-state index contributed by atoms with van der Waals surface area (Å²) < 4.78 is 258. The summed E-state index contributed by atoms with van der Waals surface area (Å²) in [5.41, 5.74) is -8.98. The third-order valence-corrected chi connectivity index (χ3v) is 15.0. The SMILES string of the molecule is Cc1nc2c([O-])ccc(C(F)(F)F)c2cc1Oc1cc2c(C(F)(F)F)ccc([O-])c2nc1C.Cc1nc2c([O-])ccc(C(F)(F)F)c2cc1Oc1cc2c(C(F)(F)F)ccc([O-])c2nc1C.Cc1nc2c([O-])ccc(C(F)(F)F)c2cc1Oc1cc2c(C(F)(F)F)ccc([O-])c2nc1C.[Al+3].[Al+3]. The summed E-state index contributed by atoms with van der Waals surface area (Å²) in [6.45, 7) is 8.22. The topological polar surface area (TPSA) is 243 Å². The first-order chi connectivity index (χ1) is 45.8. The molecule has 0 bridgehead atoms. The average Bonchev–Trinajstić information content (AvgIpc) is 0.786. The Balaban J connectivity index is 0.000000191. The van der Waals surface area contributed by atoms with Gasteiger partial charge in [0.05, 0.1) is 101 Å². The first-order valence-electron chi connectivity index (χ1n) is 28.0. The van der Waals surface area contributed by atoms with Gasteiger partial charge in [-0.3, -0.25) is 0 Å². The predicted octanol–water partition coefficient (Wildman–Crippen LogP) is 15.4. The molecule has 0 atom stereocenters. The number of fused-ring (bicyclic) bond motifs is 6. The van der Waals surface area contributed by atoms with Crippen LogP contribution in [-0.2, 0) is 37.1 Å². The molecule has 516 valence electrons. The van der Waals surface area contributed by atoms with E-state index in [0.29, 0.717) is 36.4 Å². The fraction of sp³-hybridized carbons (Fsp3) is 0.182. The number of halogens is 18. The van der Waals surface area contributed by atoms with E-state index in [2.05, 4.69) is 29.9 Å². The number of aromatic nitrogens is 6. The van der Waals surface area contributed by atoms with Gasteiger partial charge in [0.2, 0.25) is 0 Å². The summed E-state index contributed by atoms with van der Waals surface area (Å²) in [7, 11) is 0. The Hall–Kier alpha value is -10.2. The van der Waals surface area contributed by atoms with E-state index in [1.54, 1.807) is 0 Å². The van der Waals surface area contributed by atoms with Gasteiger partial charge >= 0.3 is 71.8 Å². The van der Waals surface area contributed by atoms with E-state index in [9.17, 15) is 110 Å². The standard InChI is InChI=1S/3C22H14F6N2O3.2Al/c3*1-9-17(7-11-13(21(23,24)25)3-5-15(31)19(11)29-9)33-18-8-12-14(22(26,27)28)4-6-16(32)20(12)30-10(18)2;;/h3*3-8,31-32H,1-2H3;;/q;;;2*+3/p-6. The number of hydrogen-bond acceptors (Lipinski definition) is 15. The van der Waals surface area contributed by atoms with E-state index < -0.39 is 170 Å². The van der Waals surface area contributed by atoms with Crippen molar-refractivity contribution < 1.29 is 124 Å². The van der Waals surface area contributed by atoms with Crippen molar-refractivity contribution in [2.45, 2.75) is 78.6 Å². The molecule has 0 spiro atoms. The Labute approximate surface area is 575 Å². The first-order valence-corrected chi connectivity index (χ1v) is 28.0. The van der Waals surface area contributed by atoms with Gasteiger partial charge in [-0.25, -0.2) is 29.9 Å². The number of pyridine rings is 6. The summed E-state index contributed by atoms with van der Waals surface area (Å²) in [5.74, 6) is -5.65. The maximum Gasteiger partial charge on any atom is 3.00 e. The van der Waals surface area contributed by atoms with E-state index in [4.69, 9.17) is 14.2 Å². The first kappa shape index (κ1) is 76.5. The molecule has 0 radical (unpaired) electrons. The Bertz CT molecular complexity index is 4450. The van der Waals surface area contributed by atoms with Crippen molar-refractivity contribution in [3.05, 3.63) is 177 Å². The van der Waals surface area contributed by atoms with Crippen molar-refractivity contribution in [3.8, 4) is 69.0 Å². The van der Waals surface area contributed by atoms with Gasteiger partial charge in [0, 0.05) is 32.3 Å². The molecule has 12 rings (SSSR count). The van der Waals surface area contributed by atoms with Crippen molar-refractivity contribution in [1.82, 2.24) is 29.9 Å². The number of ether oxygens (including phenoxy) is 3. The summed E-state index contributed by atoms with van der Waals surface area (Å²) in [5, 5.41) is 69.1. The van der Waals surface area contributed by atoms with Gasteiger partial charge in [0.25, 0.3) is 0 Å². The zero-order chi connectivity index (χ0) is 72.9. The normalized spacial score (nSPS) is 12.2. The van der Waals surface area contributed by atoms with E-state index in [1.807, 2.05) is 0 Å². The van der Waals surface area contributed by atoms with Crippen molar-refractivity contribution in [1.29, 1.82) is 0 Å².